The Morgan fingerprint density at radius 2 is 2.29 bits per heavy atom. The van der Waals surface area contributed by atoms with Gasteiger partial charge in [-0.1, -0.05) is 18.2 Å². The van der Waals surface area contributed by atoms with Crippen molar-refractivity contribution in [1.29, 1.82) is 0 Å². The Morgan fingerprint density at radius 1 is 1.46 bits per heavy atom. The van der Waals surface area contributed by atoms with Gasteiger partial charge in [-0.25, -0.2) is 5.06 Å². The number of aromatic amines is 1. The van der Waals surface area contributed by atoms with Crippen LogP contribution in [-0.4, -0.2) is 54.1 Å². The van der Waals surface area contributed by atoms with Crippen molar-refractivity contribution >= 4 is 22.4 Å². The SMILES string of the molecule is CCN(OC)C(=O)[C@@H]1C=C2c3cccc4[nH]cc(c34)C[C@H]2N(C)C1. The Hall–Kier alpha value is -2.11. The van der Waals surface area contributed by atoms with E-state index in [4.69, 9.17) is 4.84 Å². The average Bonchev–Trinajstić information content (AvgIpc) is 3.01. The molecule has 0 spiro atoms. The lowest BCUT2D eigenvalue weighted by Crippen LogP contribution is -2.47. The molecule has 2 aliphatic rings. The van der Waals surface area contributed by atoms with Crippen LogP contribution in [0.15, 0.2) is 30.5 Å². The van der Waals surface area contributed by atoms with Crippen molar-refractivity contribution in [1.82, 2.24) is 14.9 Å². The first-order valence-electron chi connectivity index (χ1n) is 8.50. The second kappa shape index (κ2) is 5.76. The summed E-state index contributed by atoms with van der Waals surface area (Å²) >= 11 is 0. The molecule has 1 aliphatic carbocycles. The zero-order valence-corrected chi connectivity index (χ0v) is 14.4. The molecule has 0 bridgehead atoms. The van der Waals surface area contributed by atoms with Gasteiger partial charge in [0.2, 0.25) is 0 Å². The number of hydrogen-bond donors (Lipinski definition) is 1. The van der Waals surface area contributed by atoms with Crippen molar-refractivity contribution in [3.8, 4) is 0 Å². The highest BCUT2D eigenvalue weighted by Crippen LogP contribution is 2.40. The lowest BCUT2D eigenvalue weighted by molar-refractivity contribution is -0.178. The van der Waals surface area contributed by atoms with Gasteiger partial charge in [0.25, 0.3) is 5.91 Å². The van der Waals surface area contributed by atoms with Gasteiger partial charge in [-0.3, -0.25) is 14.5 Å². The average molecular weight is 325 g/mol. The van der Waals surface area contributed by atoms with E-state index in [2.05, 4.69) is 47.4 Å². The smallest absolute Gasteiger partial charge is 0.254 e. The maximum absolute atomic E-state index is 12.7. The molecule has 0 fully saturated rings. The van der Waals surface area contributed by atoms with E-state index < -0.39 is 0 Å². The van der Waals surface area contributed by atoms with Crippen LogP contribution in [0.1, 0.15) is 18.1 Å². The number of nitrogens with one attached hydrogen (secondary N) is 1. The van der Waals surface area contributed by atoms with Crippen molar-refractivity contribution in [2.75, 3.05) is 27.2 Å². The topological polar surface area (TPSA) is 48.6 Å². The number of hydrogen-bond acceptors (Lipinski definition) is 3. The molecule has 24 heavy (non-hydrogen) atoms. The van der Waals surface area contributed by atoms with Crippen molar-refractivity contribution < 1.29 is 9.63 Å². The zero-order chi connectivity index (χ0) is 16.8. The normalized spacial score (nSPS) is 23.0. The fourth-order valence-corrected chi connectivity index (χ4v) is 4.17. The highest BCUT2D eigenvalue weighted by Gasteiger charge is 2.36. The van der Waals surface area contributed by atoms with Crippen molar-refractivity contribution in [3.05, 3.63) is 41.6 Å². The summed E-state index contributed by atoms with van der Waals surface area (Å²) < 4.78 is 0. The molecule has 0 saturated carbocycles. The maximum Gasteiger partial charge on any atom is 0.254 e. The Kier molecular flexibility index (Phi) is 3.70. The predicted octanol–water partition coefficient (Wildman–Crippen LogP) is 2.45. The van der Waals surface area contributed by atoms with Crippen LogP contribution >= 0.6 is 0 Å². The third kappa shape index (κ3) is 2.19. The molecule has 1 aliphatic heterocycles. The number of rotatable bonds is 3. The molecule has 1 N–H and O–H groups in total. The summed E-state index contributed by atoms with van der Waals surface area (Å²) in [5.41, 5.74) is 5.06. The molecule has 0 unspecified atom stereocenters. The van der Waals surface area contributed by atoms with Gasteiger partial charge >= 0.3 is 0 Å². The van der Waals surface area contributed by atoms with Gasteiger partial charge in [0.15, 0.2) is 0 Å². The molecule has 1 aromatic carbocycles. The molecule has 2 atom stereocenters. The van der Waals surface area contributed by atoms with E-state index in [1.165, 1.54) is 32.7 Å². The summed E-state index contributed by atoms with van der Waals surface area (Å²) in [4.78, 5) is 23.6. The Labute approximate surface area is 141 Å². The molecule has 1 aromatic heterocycles. The molecule has 0 saturated heterocycles. The summed E-state index contributed by atoms with van der Waals surface area (Å²) in [5, 5.41) is 2.75. The molecule has 0 radical (unpaired) electrons. The van der Waals surface area contributed by atoms with E-state index in [1.807, 2.05) is 6.92 Å². The minimum atomic E-state index is -0.170. The predicted molar refractivity (Wildman–Crippen MR) is 94.3 cm³/mol. The Balaban J connectivity index is 1.80. The number of aromatic nitrogens is 1. The van der Waals surface area contributed by atoms with Crippen LogP contribution in [-0.2, 0) is 16.1 Å². The first kappa shape index (κ1) is 15.4. The summed E-state index contributed by atoms with van der Waals surface area (Å²) in [5.74, 6) is -0.137. The Morgan fingerprint density at radius 3 is 3.04 bits per heavy atom. The largest absolute Gasteiger partial charge is 0.361 e. The molecule has 5 nitrogen and oxygen atoms in total. The fraction of sp³-hybridized carbons (Fsp3) is 0.421. The van der Waals surface area contributed by atoms with E-state index in [-0.39, 0.29) is 11.8 Å². The quantitative estimate of drug-likeness (QED) is 0.882. The number of hydroxylamine groups is 2. The molecule has 1 amide bonds. The van der Waals surface area contributed by atoms with Crippen LogP contribution in [0.5, 0.6) is 0 Å². The Bertz CT molecular complexity index is 819. The minimum Gasteiger partial charge on any atom is -0.361 e. The van der Waals surface area contributed by atoms with Crippen LogP contribution in [0.4, 0.5) is 0 Å². The number of carbonyl (C=O) groups is 1. The molecule has 4 rings (SSSR count). The number of benzene rings is 1. The van der Waals surface area contributed by atoms with Crippen LogP contribution in [0.3, 0.4) is 0 Å². The molecule has 2 heterocycles. The summed E-state index contributed by atoms with van der Waals surface area (Å²) in [6.45, 7) is 3.21. The molecule has 5 heteroatoms. The second-order valence-electron chi connectivity index (χ2n) is 6.65. The van der Waals surface area contributed by atoms with Crippen molar-refractivity contribution in [3.63, 3.8) is 0 Å². The molecular weight excluding hydrogens is 302 g/mol. The number of carbonyl (C=O) groups excluding carboxylic acids is 1. The van der Waals surface area contributed by atoms with Gasteiger partial charge in [-0.2, -0.15) is 0 Å². The van der Waals surface area contributed by atoms with Crippen LogP contribution in [0.2, 0.25) is 0 Å². The number of nitrogens with zero attached hydrogens (tertiary/aromatic N) is 2. The van der Waals surface area contributed by atoms with E-state index in [9.17, 15) is 4.79 Å². The first-order chi connectivity index (χ1) is 11.6. The lowest BCUT2D eigenvalue weighted by Gasteiger charge is -2.40. The van der Waals surface area contributed by atoms with Crippen molar-refractivity contribution in [2.45, 2.75) is 19.4 Å². The van der Waals surface area contributed by atoms with Gasteiger partial charge in [0, 0.05) is 36.2 Å². The first-order valence-corrected chi connectivity index (χ1v) is 8.50. The van der Waals surface area contributed by atoms with Gasteiger partial charge in [-0.05, 0) is 43.2 Å². The molecule has 2 aromatic rings. The van der Waals surface area contributed by atoms with E-state index in [1.54, 1.807) is 7.11 Å². The van der Waals surface area contributed by atoms with E-state index in [0.29, 0.717) is 12.6 Å². The number of H-pyrrole nitrogens is 1. The minimum absolute atomic E-state index is 0.0323. The fourth-order valence-electron chi connectivity index (χ4n) is 4.17. The molecule has 126 valence electrons. The van der Waals surface area contributed by atoms with Crippen LogP contribution in [0, 0.1) is 5.92 Å². The molecular formula is C19H23N3O2. The number of likely N-dealkylation sites (N-methyl/N-ethyl adjacent to an activating group) is 1. The summed E-state index contributed by atoms with van der Waals surface area (Å²) in [6.07, 6.45) is 5.28. The number of amides is 1. The maximum atomic E-state index is 12.7. The lowest BCUT2D eigenvalue weighted by atomic mass is 9.80. The van der Waals surface area contributed by atoms with Gasteiger partial charge in [0.1, 0.15) is 0 Å². The van der Waals surface area contributed by atoms with E-state index in [0.717, 1.165) is 13.0 Å². The summed E-state index contributed by atoms with van der Waals surface area (Å²) in [7, 11) is 3.66. The third-order valence-electron chi connectivity index (χ3n) is 5.34. The highest BCUT2D eigenvalue weighted by molar-refractivity contribution is 5.99. The second-order valence-corrected chi connectivity index (χ2v) is 6.65. The van der Waals surface area contributed by atoms with Gasteiger partial charge in [0.05, 0.1) is 13.0 Å². The van der Waals surface area contributed by atoms with Crippen LogP contribution in [0.25, 0.3) is 16.5 Å². The third-order valence-corrected chi connectivity index (χ3v) is 5.34. The number of fused-ring (bicyclic) bond motifs is 2. The highest BCUT2D eigenvalue weighted by atomic mass is 16.7. The monoisotopic (exact) mass is 325 g/mol. The summed E-state index contributed by atoms with van der Waals surface area (Å²) in [6, 6.07) is 6.70. The standard InChI is InChI=1S/C19H23N3O2/c1-4-22(24-3)19(23)13-8-15-14-6-5-7-16-18(14)12(10-20-16)9-17(15)21(2)11-13/h5-8,10,13,17,20H,4,9,11H2,1-3H3/t13-,17-/m1/s1. The van der Waals surface area contributed by atoms with Gasteiger partial charge < -0.3 is 4.98 Å². The van der Waals surface area contributed by atoms with Crippen molar-refractivity contribution in [2.24, 2.45) is 5.92 Å². The van der Waals surface area contributed by atoms with Gasteiger partial charge in [-0.15, -0.1) is 0 Å². The van der Waals surface area contributed by atoms with Crippen LogP contribution < -0.4 is 0 Å². The van der Waals surface area contributed by atoms with E-state index >= 15 is 0 Å². The zero-order valence-electron chi connectivity index (χ0n) is 14.4.